The first kappa shape index (κ1) is 34.5. The van der Waals surface area contributed by atoms with E-state index in [-0.39, 0.29) is 6.04 Å². The summed E-state index contributed by atoms with van der Waals surface area (Å²) in [5.41, 5.74) is 11.1. The number of ether oxygens (including phenoxy) is 3. The summed E-state index contributed by atoms with van der Waals surface area (Å²) in [6.07, 6.45) is 13.2. The van der Waals surface area contributed by atoms with Crippen LogP contribution in [-0.4, -0.2) is 51.9 Å². The first-order valence-electron chi connectivity index (χ1n) is 18.3. The fourth-order valence-corrected chi connectivity index (χ4v) is 7.65. The van der Waals surface area contributed by atoms with Crippen molar-refractivity contribution in [2.45, 2.75) is 57.2 Å². The molecule has 6 nitrogen and oxygen atoms in total. The Kier molecular flexibility index (Phi) is 10.5. The number of hydrogen-bond acceptors (Lipinski definition) is 6. The highest BCUT2D eigenvalue weighted by Gasteiger charge is 2.30. The van der Waals surface area contributed by atoms with Gasteiger partial charge in [-0.3, -0.25) is 4.90 Å². The highest BCUT2D eigenvalue weighted by molar-refractivity contribution is 5.71. The van der Waals surface area contributed by atoms with E-state index in [1.165, 1.54) is 57.5 Å². The molecular weight excluding hydrogens is 631 g/mol. The lowest BCUT2D eigenvalue weighted by atomic mass is 9.96. The molecule has 1 atom stereocenters. The molecule has 1 N–H and O–H groups in total. The summed E-state index contributed by atoms with van der Waals surface area (Å²) in [5.74, 6) is 3.10. The van der Waals surface area contributed by atoms with E-state index < -0.39 is 0 Å². The monoisotopic (exact) mass is 681 g/mol. The van der Waals surface area contributed by atoms with Crippen LogP contribution < -0.4 is 24.4 Å². The number of nitrogens with zero attached hydrogens (tertiary/aromatic N) is 2. The largest absolute Gasteiger partial charge is 0.497 e. The maximum absolute atomic E-state index is 5.80. The van der Waals surface area contributed by atoms with Crippen LogP contribution in [0.5, 0.6) is 17.2 Å². The average Bonchev–Trinajstić information content (AvgIpc) is 4.03. The summed E-state index contributed by atoms with van der Waals surface area (Å²) in [4.78, 5) is 5.25. The van der Waals surface area contributed by atoms with Gasteiger partial charge in [-0.05, 0) is 133 Å². The molecule has 1 unspecified atom stereocenters. The molecule has 2 fully saturated rings. The summed E-state index contributed by atoms with van der Waals surface area (Å²) in [5, 5.41) is 3.52. The van der Waals surface area contributed by atoms with Crippen LogP contribution in [-0.2, 0) is 6.54 Å². The van der Waals surface area contributed by atoms with E-state index in [1.54, 1.807) is 21.3 Å². The van der Waals surface area contributed by atoms with Crippen molar-refractivity contribution in [1.82, 2.24) is 10.2 Å². The van der Waals surface area contributed by atoms with E-state index in [1.807, 2.05) is 12.1 Å². The van der Waals surface area contributed by atoms with E-state index >= 15 is 0 Å². The Balaban J connectivity index is 1.07. The van der Waals surface area contributed by atoms with Crippen molar-refractivity contribution in [3.05, 3.63) is 137 Å². The molecule has 1 saturated heterocycles. The van der Waals surface area contributed by atoms with Crippen LogP contribution in [0.25, 0.3) is 17.2 Å². The van der Waals surface area contributed by atoms with Crippen LogP contribution >= 0.6 is 0 Å². The van der Waals surface area contributed by atoms with E-state index in [9.17, 15) is 0 Å². The van der Waals surface area contributed by atoms with Crippen molar-refractivity contribution in [2.75, 3.05) is 45.9 Å². The number of dihydropyridines is 1. The number of benzene rings is 4. The SMILES string of the molecule is C=Cc1cc(OC)cc(C2C=C(CN3CCC(N(Cc4cccc(-c5cc(OC)c(OC)c(C6CC6)c5)c4)c4ccc(C)cc4)CC3)C=CN2)c1. The van der Waals surface area contributed by atoms with E-state index in [2.05, 4.69) is 120 Å². The van der Waals surface area contributed by atoms with Gasteiger partial charge in [-0.15, -0.1) is 0 Å². The first-order chi connectivity index (χ1) is 24.9. The topological polar surface area (TPSA) is 46.2 Å². The van der Waals surface area contributed by atoms with Gasteiger partial charge in [0, 0.05) is 43.5 Å². The normalized spacial score (nSPS) is 17.7. The number of piperidine rings is 1. The molecule has 3 aliphatic rings. The third-order valence-corrected chi connectivity index (χ3v) is 10.6. The Hall–Kier alpha value is -4.94. The molecule has 6 heteroatoms. The lowest BCUT2D eigenvalue weighted by Gasteiger charge is -2.40. The molecule has 4 aromatic rings. The van der Waals surface area contributed by atoms with Gasteiger partial charge in [-0.1, -0.05) is 54.6 Å². The van der Waals surface area contributed by atoms with Crippen LogP contribution in [0.1, 0.15) is 65.5 Å². The van der Waals surface area contributed by atoms with Gasteiger partial charge in [0.05, 0.1) is 27.4 Å². The Morgan fingerprint density at radius 1 is 0.863 bits per heavy atom. The third kappa shape index (κ3) is 8.02. The highest BCUT2D eigenvalue weighted by Crippen LogP contribution is 2.49. The zero-order chi connectivity index (χ0) is 35.3. The zero-order valence-corrected chi connectivity index (χ0v) is 30.5. The van der Waals surface area contributed by atoms with Gasteiger partial charge < -0.3 is 24.4 Å². The first-order valence-corrected chi connectivity index (χ1v) is 18.3. The standard InChI is InChI=1S/C45H51N3O3/c1-6-32-22-38(26-41(24-32)49-3)43-25-34(16-19-46-43)29-47-20-17-40(18-21-47)48(39-14-10-31(2)11-15-39)30-33-8-7-9-36(23-33)37-27-42(35-12-13-35)45(51-5)44(28-37)50-4/h6-11,14-16,19,22-28,35,40,43,46H,1,12-13,17-18,20-21,29-30H2,2-5H3. The minimum absolute atomic E-state index is 0.100. The maximum Gasteiger partial charge on any atom is 0.164 e. The molecule has 1 saturated carbocycles. The van der Waals surface area contributed by atoms with E-state index in [0.29, 0.717) is 12.0 Å². The average molecular weight is 682 g/mol. The van der Waals surface area contributed by atoms with Gasteiger partial charge in [0.25, 0.3) is 0 Å². The fourth-order valence-electron chi connectivity index (χ4n) is 7.65. The van der Waals surface area contributed by atoms with Gasteiger partial charge in [-0.25, -0.2) is 0 Å². The second-order valence-corrected chi connectivity index (χ2v) is 14.2. The van der Waals surface area contributed by atoms with Crippen molar-refractivity contribution >= 4 is 11.8 Å². The van der Waals surface area contributed by atoms with Crippen LogP contribution in [0.15, 0.2) is 109 Å². The molecule has 7 rings (SSSR count). The second-order valence-electron chi connectivity index (χ2n) is 14.2. The van der Waals surface area contributed by atoms with Gasteiger partial charge in [0.2, 0.25) is 0 Å². The number of nitrogens with one attached hydrogen (secondary N) is 1. The molecule has 4 aromatic carbocycles. The summed E-state index contributed by atoms with van der Waals surface area (Å²) in [6.45, 7) is 10.1. The van der Waals surface area contributed by atoms with Crippen molar-refractivity contribution in [1.29, 1.82) is 0 Å². The minimum atomic E-state index is 0.100. The molecule has 51 heavy (non-hydrogen) atoms. The predicted octanol–water partition coefficient (Wildman–Crippen LogP) is 9.46. The second kappa shape index (κ2) is 15.5. The Labute approximate surface area is 304 Å². The number of hydrogen-bond donors (Lipinski definition) is 1. The lowest BCUT2D eigenvalue weighted by Crippen LogP contribution is -2.45. The third-order valence-electron chi connectivity index (χ3n) is 10.6. The maximum atomic E-state index is 5.80. The van der Waals surface area contributed by atoms with Crippen LogP contribution in [0.3, 0.4) is 0 Å². The lowest BCUT2D eigenvalue weighted by molar-refractivity contribution is 0.224. The molecule has 2 heterocycles. The van der Waals surface area contributed by atoms with E-state index in [4.69, 9.17) is 14.2 Å². The Morgan fingerprint density at radius 3 is 2.37 bits per heavy atom. The van der Waals surface area contributed by atoms with Crippen molar-refractivity contribution in [2.24, 2.45) is 0 Å². The van der Waals surface area contributed by atoms with Crippen LogP contribution in [0.4, 0.5) is 5.69 Å². The smallest absolute Gasteiger partial charge is 0.164 e. The fraction of sp³-hybridized carbons (Fsp3) is 0.333. The van der Waals surface area contributed by atoms with Gasteiger partial charge in [0.1, 0.15) is 5.75 Å². The number of aryl methyl sites for hydroxylation is 1. The molecule has 0 radical (unpaired) electrons. The van der Waals surface area contributed by atoms with Crippen LogP contribution in [0, 0.1) is 6.92 Å². The summed E-state index contributed by atoms with van der Waals surface area (Å²) in [6, 6.07) is 29.4. The number of rotatable bonds is 13. The summed E-state index contributed by atoms with van der Waals surface area (Å²) >= 11 is 0. The number of anilines is 1. The minimum Gasteiger partial charge on any atom is -0.497 e. The molecule has 2 aliphatic heterocycles. The van der Waals surface area contributed by atoms with Crippen molar-refractivity contribution in [3.63, 3.8) is 0 Å². The van der Waals surface area contributed by atoms with Gasteiger partial charge >= 0.3 is 0 Å². The summed E-state index contributed by atoms with van der Waals surface area (Å²) < 4.78 is 17.2. The Bertz CT molecular complexity index is 1900. The predicted molar refractivity (Wildman–Crippen MR) is 210 cm³/mol. The van der Waals surface area contributed by atoms with Crippen molar-refractivity contribution < 1.29 is 14.2 Å². The van der Waals surface area contributed by atoms with Crippen LogP contribution in [0.2, 0.25) is 0 Å². The zero-order valence-electron chi connectivity index (χ0n) is 30.5. The quantitative estimate of drug-likeness (QED) is 0.152. The molecule has 0 aromatic heterocycles. The highest BCUT2D eigenvalue weighted by atomic mass is 16.5. The molecular formula is C45H51N3O3. The van der Waals surface area contributed by atoms with Gasteiger partial charge in [0.15, 0.2) is 11.5 Å². The molecule has 264 valence electrons. The molecule has 0 spiro atoms. The van der Waals surface area contributed by atoms with Crippen molar-refractivity contribution in [3.8, 4) is 28.4 Å². The molecule has 0 bridgehead atoms. The molecule has 1 aliphatic carbocycles. The number of methoxy groups -OCH3 is 3. The number of likely N-dealkylation sites (tertiary alicyclic amines) is 1. The molecule has 0 amide bonds. The summed E-state index contributed by atoms with van der Waals surface area (Å²) in [7, 11) is 5.19. The van der Waals surface area contributed by atoms with Gasteiger partial charge in [-0.2, -0.15) is 0 Å². The Morgan fingerprint density at radius 2 is 1.67 bits per heavy atom. The van der Waals surface area contributed by atoms with E-state index in [0.717, 1.165) is 61.8 Å².